The zero-order valence-corrected chi connectivity index (χ0v) is 12.8. The van der Waals surface area contributed by atoms with Crippen molar-refractivity contribution in [2.24, 2.45) is 11.8 Å². The average molecular weight is 338 g/mol. The lowest BCUT2D eigenvalue weighted by molar-refractivity contribution is -0.141. The van der Waals surface area contributed by atoms with Gasteiger partial charge in [-0.3, -0.25) is 9.59 Å². The summed E-state index contributed by atoms with van der Waals surface area (Å²) in [4.78, 5) is 23.0. The van der Waals surface area contributed by atoms with E-state index in [1.807, 2.05) is 0 Å². The predicted molar refractivity (Wildman–Crippen MR) is 77.3 cm³/mol. The van der Waals surface area contributed by atoms with Crippen LogP contribution in [0.2, 0.25) is 0 Å². The summed E-state index contributed by atoms with van der Waals surface area (Å²) in [7, 11) is -3.74. The lowest BCUT2D eigenvalue weighted by atomic mass is 10.0. The second-order valence-electron chi connectivity index (χ2n) is 5.81. The number of fused-ring (bicyclic) bond motifs is 2. The molecule has 1 aromatic carbocycles. The summed E-state index contributed by atoms with van der Waals surface area (Å²) in [5, 5.41) is 2.59. The summed E-state index contributed by atoms with van der Waals surface area (Å²) in [6, 6.07) is 4.35. The molecule has 1 aromatic rings. The van der Waals surface area contributed by atoms with Crippen molar-refractivity contribution < 1.29 is 27.5 Å². The summed E-state index contributed by atoms with van der Waals surface area (Å²) < 4.78 is 37.0. The summed E-state index contributed by atoms with van der Waals surface area (Å²) >= 11 is 0. The first-order chi connectivity index (χ1) is 10.9. The first-order valence-corrected chi connectivity index (χ1v) is 8.62. The SMILES string of the molecule is O=C1COc2ccc(S(=O)(=O)N3C[C@@H]4COC(=O)[C@@H]4C3)cc2N1. The van der Waals surface area contributed by atoms with Gasteiger partial charge in [0.05, 0.1) is 23.1 Å². The van der Waals surface area contributed by atoms with E-state index in [2.05, 4.69) is 5.32 Å². The topological polar surface area (TPSA) is 102 Å². The molecular weight excluding hydrogens is 324 g/mol. The maximum absolute atomic E-state index is 12.8. The van der Waals surface area contributed by atoms with Gasteiger partial charge in [-0.05, 0) is 18.2 Å². The van der Waals surface area contributed by atoms with Crippen LogP contribution in [0, 0.1) is 11.8 Å². The Bertz CT molecular complexity index is 805. The van der Waals surface area contributed by atoms with E-state index in [0.717, 1.165) is 0 Å². The Balaban J connectivity index is 1.63. The van der Waals surface area contributed by atoms with Crippen molar-refractivity contribution in [3.8, 4) is 5.75 Å². The first-order valence-electron chi connectivity index (χ1n) is 7.18. The van der Waals surface area contributed by atoms with Gasteiger partial charge in [0.25, 0.3) is 5.91 Å². The molecule has 3 aliphatic rings. The van der Waals surface area contributed by atoms with Gasteiger partial charge in [-0.25, -0.2) is 8.42 Å². The van der Waals surface area contributed by atoms with Crippen LogP contribution in [-0.4, -0.2) is 50.9 Å². The number of anilines is 1. The fraction of sp³-hybridized carbons (Fsp3) is 0.429. The van der Waals surface area contributed by atoms with E-state index in [9.17, 15) is 18.0 Å². The van der Waals surface area contributed by atoms with Crippen molar-refractivity contribution in [1.29, 1.82) is 0 Å². The third-order valence-corrected chi connectivity index (χ3v) is 6.20. The molecule has 8 nitrogen and oxygen atoms in total. The molecule has 2 saturated heterocycles. The minimum atomic E-state index is -3.74. The van der Waals surface area contributed by atoms with Gasteiger partial charge in [0.15, 0.2) is 6.61 Å². The number of nitrogens with zero attached hydrogens (tertiary/aromatic N) is 1. The molecule has 9 heteroatoms. The normalized spacial score (nSPS) is 27.0. The van der Waals surface area contributed by atoms with Crippen LogP contribution in [0.3, 0.4) is 0 Å². The van der Waals surface area contributed by atoms with E-state index < -0.39 is 10.0 Å². The van der Waals surface area contributed by atoms with Crippen molar-refractivity contribution >= 4 is 27.6 Å². The molecule has 4 rings (SSSR count). The smallest absolute Gasteiger partial charge is 0.310 e. The molecule has 3 aliphatic heterocycles. The minimum Gasteiger partial charge on any atom is -0.482 e. The van der Waals surface area contributed by atoms with Crippen LogP contribution in [0.5, 0.6) is 5.75 Å². The zero-order valence-electron chi connectivity index (χ0n) is 12.0. The van der Waals surface area contributed by atoms with Gasteiger partial charge in [0, 0.05) is 19.0 Å². The average Bonchev–Trinajstić information content (AvgIpc) is 3.09. The van der Waals surface area contributed by atoms with Crippen LogP contribution in [0.15, 0.2) is 23.1 Å². The highest BCUT2D eigenvalue weighted by Crippen LogP contribution is 2.36. The number of ether oxygens (including phenoxy) is 2. The van der Waals surface area contributed by atoms with Crippen LogP contribution in [0.4, 0.5) is 5.69 Å². The lowest BCUT2D eigenvalue weighted by Crippen LogP contribution is -2.31. The molecule has 1 amide bonds. The molecule has 0 radical (unpaired) electrons. The zero-order chi connectivity index (χ0) is 16.2. The fourth-order valence-electron chi connectivity index (χ4n) is 3.13. The van der Waals surface area contributed by atoms with Crippen molar-refractivity contribution in [2.45, 2.75) is 4.90 Å². The van der Waals surface area contributed by atoms with Gasteiger partial charge in [0.2, 0.25) is 10.0 Å². The second kappa shape index (κ2) is 4.93. The molecule has 3 heterocycles. The number of nitrogens with one attached hydrogen (secondary N) is 1. The lowest BCUT2D eigenvalue weighted by Gasteiger charge is -2.21. The van der Waals surface area contributed by atoms with Crippen molar-refractivity contribution in [2.75, 3.05) is 31.6 Å². The van der Waals surface area contributed by atoms with Crippen LogP contribution in [0.1, 0.15) is 0 Å². The summed E-state index contributed by atoms with van der Waals surface area (Å²) in [6.45, 7) is 0.574. The van der Waals surface area contributed by atoms with Gasteiger partial charge < -0.3 is 14.8 Å². The maximum atomic E-state index is 12.8. The Morgan fingerprint density at radius 1 is 1.17 bits per heavy atom. The van der Waals surface area contributed by atoms with Gasteiger partial charge in [-0.15, -0.1) is 0 Å². The van der Waals surface area contributed by atoms with Crippen molar-refractivity contribution in [3.05, 3.63) is 18.2 Å². The van der Waals surface area contributed by atoms with E-state index in [1.54, 1.807) is 0 Å². The highest BCUT2D eigenvalue weighted by Gasteiger charge is 2.47. The summed E-state index contributed by atoms with van der Waals surface area (Å²) in [5.41, 5.74) is 0.334. The molecule has 0 aromatic heterocycles. The Labute approximate surface area is 132 Å². The molecule has 2 fully saturated rings. The van der Waals surface area contributed by atoms with Crippen LogP contribution < -0.4 is 10.1 Å². The highest BCUT2D eigenvalue weighted by molar-refractivity contribution is 7.89. The Morgan fingerprint density at radius 2 is 2.00 bits per heavy atom. The minimum absolute atomic E-state index is 0.0652. The number of carbonyl (C=O) groups excluding carboxylic acids is 2. The summed E-state index contributed by atoms with van der Waals surface area (Å²) in [6.07, 6.45) is 0. The fourth-order valence-corrected chi connectivity index (χ4v) is 4.68. The second-order valence-corrected chi connectivity index (χ2v) is 7.75. The molecule has 2 atom stereocenters. The van der Waals surface area contributed by atoms with Crippen LogP contribution in [-0.2, 0) is 24.3 Å². The van der Waals surface area contributed by atoms with E-state index in [4.69, 9.17) is 9.47 Å². The summed E-state index contributed by atoms with van der Waals surface area (Å²) in [5.74, 6) is -0.696. The Morgan fingerprint density at radius 3 is 2.78 bits per heavy atom. The van der Waals surface area contributed by atoms with Crippen molar-refractivity contribution in [3.63, 3.8) is 0 Å². The third kappa shape index (κ3) is 2.27. The standard InChI is InChI=1S/C14H14N2O6S/c17-13-7-21-12-2-1-9(3-11(12)15-13)23(19,20)16-4-8-6-22-14(18)10(8)5-16/h1-3,8,10H,4-7H2,(H,15,17)/t8-,10-/m1/s1. The number of carbonyl (C=O) groups is 2. The number of rotatable bonds is 2. The highest BCUT2D eigenvalue weighted by atomic mass is 32.2. The molecular formula is C14H14N2O6S. The molecule has 0 aliphatic carbocycles. The van der Waals surface area contributed by atoms with Crippen LogP contribution >= 0.6 is 0 Å². The number of cyclic esters (lactones) is 1. The van der Waals surface area contributed by atoms with Gasteiger partial charge in [0.1, 0.15) is 5.75 Å². The van der Waals surface area contributed by atoms with E-state index >= 15 is 0 Å². The molecule has 23 heavy (non-hydrogen) atoms. The molecule has 0 saturated carbocycles. The van der Waals surface area contributed by atoms with E-state index in [1.165, 1.54) is 22.5 Å². The monoisotopic (exact) mass is 338 g/mol. The van der Waals surface area contributed by atoms with E-state index in [-0.39, 0.29) is 54.9 Å². The van der Waals surface area contributed by atoms with Gasteiger partial charge >= 0.3 is 5.97 Å². The number of amides is 1. The molecule has 0 bridgehead atoms. The van der Waals surface area contributed by atoms with E-state index in [0.29, 0.717) is 11.4 Å². The number of esters is 1. The first kappa shape index (κ1) is 14.5. The number of hydrogen-bond donors (Lipinski definition) is 1. The maximum Gasteiger partial charge on any atom is 0.310 e. The number of benzene rings is 1. The largest absolute Gasteiger partial charge is 0.482 e. The molecule has 0 unspecified atom stereocenters. The van der Waals surface area contributed by atoms with Gasteiger partial charge in [-0.1, -0.05) is 0 Å². The number of hydrogen-bond acceptors (Lipinski definition) is 6. The predicted octanol–water partition coefficient (Wildman–Crippen LogP) is -0.189. The Kier molecular flexibility index (Phi) is 3.10. The Hall–Kier alpha value is -2.13. The van der Waals surface area contributed by atoms with Crippen LogP contribution in [0.25, 0.3) is 0 Å². The third-order valence-electron chi connectivity index (χ3n) is 4.37. The van der Waals surface area contributed by atoms with Gasteiger partial charge in [-0.2, -0.15) is 4.31 Å². The number of sulfonamides is 1. The molecule has 1 N–H and O–H groups in total. The van der Waals surface area contributed by atoms with Crippen molar-refractivity contribution in [1.82, 2.24) is 4.31 Å². The molecule has 122 valence electrons. The molecule has 0 spiro atoms. The quantitative estimate of drug-likeness (QED) is 0.750.